The molecule has 43 heavy (non-hydrogen) atoms. The van der Waals surface area contributed by atoms with E-state index in [1.54, 1.807) is 0 Å². The molecule has 1 N–H and O–H groups in total. The van der Waals surface area contributed by atoms with Gasteiger partial charge in [0.05, 0.1) is 18.8 Å². The van der Waals surface area contributed by atoms with E-state index in [4.69, 9.17) is 8.85 Å². The molecule has 2 aromatic rings. The third-order valence-electron chi connectivity index (χ3n) is 10.4. The third-order valence-corrected chi connectivity index (χ3v) is 20.6. The Balaban J connectivity index is 2.19. The third kappa shape index (κ3) is 11.1. The highest BCUT2D eigenvalue weighted by Crippen LogP contribution is 2.39. The van der Waals surface area contributed by atoms with Crippen LogP contribution in [0.3, 0.4) is 0 Å². The van der Waals surface area contributed by atoms with E-state index in [0.717, 1.165) is 44.9 Å². The number of thiophene rings is 1. The first-order chi connectivity index (χ1) is 19.8. The Hall–Kier alpha value is -1.03. The SMILES string of the molecule is CC/C(=C/CCC(O)(CC)CC)c1ccc(CCc2ccc(CO[Si](C)(C)C(C)(C)C)c(CO[Si](C)(C)C(C)(C)C)c2)s1. The van der Waals surface area contributed by atoms with E-state index >= 15 is 0 Å². The second-order valence-electron chi connectivity index (χ2n) is 15.5. The minimum absolute atomic E-state index is 0.179. The first-order valence-electron chi connectivity index (χ1n) is 16.7. The maximum absolute atomic E-state index is 10.7. The van der Waals surface area contributed by atoms with Crippen molar-refractivity contribution in [3.8, 4) is 0 Å². The number of aliphatic hydroxyl groups is 1. The molecule has 0 unspecified atom stereocenters. The summed E-state index contributed by atoms with van der Waals surface area (Å²) in [6.07, 6.45) is 8.82. The molecule has 2 rings (SSSR count). The topological polar surface area (TPSA) is 38.7 Å². The zero-order valence-corrected chi connectivity index (χ0v) is 32.8. The van der Waals surface area contributed by atoms with Gasteiger partial charge in [0.15, 0.2) is 16.6 Å². The summed E-state index contributed by atoms with van der Waals surface area (Å²) in [5, 5.41) is 11.0. The van der Waals surface area contributed by atoms with Crippen LogP contribution in [-0.2, 0) is 34.9 Å². The lowest BCUT2D eigenvalue weighted by Crippen LogP contribution is -2.41. The predicted molar refractivity (Wildman–Crippen MR) is 195 cm³/mol. The van der Waals surface area contributed by atoms with Gasteiger partial charge in [-0.25, -0.2) is 0 Å². The Morgan fingerprint density at radius 2 is 1.35 bits per heavy atom. The monoisotopic (exact) mass is 644 g/mol. The maximum atomic E-state index is 10.7. The van der Waals surface area contributed by atoms with E-state index in [0.29, 0.717) is 13.2 Å². The van der Waals surface area contributed by atoms with Crippen LogP contribution in [-0.4, -0.2) is 27.3 Å². The van der Waals surface area contributed by atoms with Crippen LogP contribution >= 0.6 is 11.3 Å². The van der Waals surface area contributed by atoms with E-state index < -0.39 is 22.2 Å². The molecule has 1 aromatic carbocycles. The maximum Gasteiger partial charge on any atom is 0.192 e. The van der Waals surface area contributed by atoms with E-state index in [2.05, 4.69) is 125 Å². The second-order valence-corrected chi connectivity index (χ2v) is 26.3. The highest BCUT2D eigenvalue weighted by atomic mass is 32.1. The lowest BCUT2D eigenvalue weighted by Gasteiger charge is -2.37. The van der Waals surface area contributed by atoms with Crippen LogP contribution in [0.25, 0.3) is 5.57 Å². The Bertz CT molecular complexity index is 1180. The van der Waals surface area contributed by atoms with Crippen molar-refractivity contribution in [3.63, 3.8) is 0 Å². The van der Waals surface area contributed by atoms with E-state index in [1.807, 2.05) is 11.3 Å². The highest BCUT2D eigenvalue weighted by Gasteiger charge is 2.38. The predicted octanol–water partition coefficient (Wildman–Crippen LogP) is 11.7. The average molecular weight is 645 g/mol. The van der Waals surface area contributed by atoms with Crippen LogP contribution in [0, 0.1) is 0 Å². The molecule has 0 atom stereocenters. The molecule has 0 aliphatic heterocycles. The zero-order chi connectivity index (χ0) is 32.7. The molecule has 6 heteroatoms. The number of hydrogen-bond acceptors (Lipinski definition) is 4. The molecular weight excluding hydrogens is 581 g/mol. The fraction of sp³-hybridized carbons (Fsp3) is 0.676. The van der Waals surface area contributed by atoms with Crippen LogP contribution < -0.4 is 0 Å². The van der Waals surface area contributed by atoms with Crippen molar-refractivity contribution >= 4 is 33.5 Å². The average Bonchev–Trinajstić information content (AvgIpc) is 3.40. The van der Waals surface area contributed by atoms with Crippen molar-refractivity contribution in [3.05, 3.63) is 62.9 Å². The lowest BCUT2D eigenvalue weighted by atomic mass is 9.91. The zero-order valence-electron chi connectivity index (χ0n) is 30.0. The smallest absolute Gasteiger partial charge is 0.192 e. The summed E-state index contributed by atoms with van der Waals surface area (Å²) in [7, 11) is -3.73. The summed E-state index contributed by atoms with van der Waals surface area (Å²) in [5.74, 6) is 0. The van der Waals surface area contributed by atoms with E-state index in [1.165, 1.54) is 32.0 Å². The first-order valence-corrected chi connectivity index (χ1v) is 23.3. The number of benzene rings is 1. The lowest BCUT2D eigenvalue weighted by molar-refractivity contribution is 0.0246. The van der Waals surface area contributed by atoms with Gasteiger partial charge in [-0.05, 0) is 116 Å². The number of hydrogen-bond donors (Lipinski definition) is 1. The van der Waals surface area contributed by atoms with Crippen LogP contribution in [0.1, 0.15) is 121 Å². The first kappa shape index (κ1) is 38.2. The summed E-state index contributed by atoms with van der Waals surface area (Å²) in [6.45, 7) is 30.9. The van der Waals surface area contributed by atoms with Crippen molar-refractivity contribution in [2.75, 3.05) is 0 Å². The van der Waals surface area contributed by atoms with Crippen molar-refractivity contribution in [2.45, 2.75) is 162 Å². The molecule has 0 aliphatic carbocycles. The molecule has 0 spiro atoms. The van der Waals surface area contributed by atoms with Crippen LogP contribution in [0.15, 0.2) is 36.4 Å². The van der Waals surface area contributed by atoms with Crippen molar-refractivity contribution in [1.29, 1.82) is 0 Å². The normalized spacial score (nSPS) is 14.0. The molecule has 1 heterocycles. The van der Waals surface area contributed by atoms with Crippen molar-refractivity contribution in [1.82, 2.24) is 0 Å². The fourth-order valence-corrected chi connectivity index (χ4v) is 7.57. The Morgan fingerprint density at radius 1 is 0.791 bits per heavy atom. The minimum atomic E-state index is -1.88. The molecule has 0 saturated carbocycles. The summed E-state index contributed by atoms with van der Waals surface area (Å²) in [5.41, 5.74) is 4.79. The van der Waals surface area contributed by atoms with Crippen molar-refractivity contribution in [2.24, 2.45) is 0 Å². The highest BCUT2D eigenvalue weighted by molar-refractivity contribution is 7.13. The molecule has 0 fully saturated rings. The van der Waals surface area contributed by atoms with E-state index in [-0.39, 0.29) is 10.1 Å². The molecule has 3 nitrogen and oxygen atoms in total. The van der Waals surface area contributed by atoms with E-state index in [9.17, 15) is 5.11 Å². The number of allylic oxidation sites excluding steroid dienone is 2. The van der Waals surface area contributed by atoms with Gasteiger partial charge in [-0.2, -0.15) is 0 Å². The molecule has 0 radical (unpaired) electrons. The fourth-order valence-electron chi connectivity index (χ4n) is 4.55. The van der Waals surface area contributed by atoms with Gasteiger partial charge < -0.3 is 14.0 Å². The minimum Gasteiger partial charge on any atom is -0.413 e. The van der Waals surface area contributed by atoms with Crippen molar-refractivity contribution < 1.29 is 14.0 Å². The van der Waals surface area contributed by atoms with Gasteiger partial charge in [0.1, 0.15) is 0 Å². The van der Waals surface area contributed by atoms with Gasteiger partial charge in [0, 0.05) is 9.75 Å². The summed E-state index contributed by atoms with van der Waals surface area (Å²) >= 11 is 1.93. The summed E-state index contributed by atoms with van der Waals surface area (Å²) in [6, 6.07) is 11.6. The Morgan fingerprint density at radius 3 is 1.86 bits per heavy atom. The second kappa shape index (κ2) is 15.5. The number of aryl methyl sites for hydroxylation is 2. The largest absolute Gasteiger partial charge is 0.413 e. The Labute approximate surface area is 271 Å². The summed E-state index contributed by atoms with van der Waals surface area (Å²) in [4.78, 5) is 2.80. The van der Waals surface area contributed by atoms with Gasteiger partial charge in [-0.1, -0.05) is 86.6 Å². The molecule has 0 bridgehead atoms. The molecule has 0 aliphatic rings. The number of rotatable bonds is 16. The quantitative estimate of drug-likeness (QED) is 0.185. The van der Waals surface area contributed by atoms with Gasteiger partial charge in [-0.3, -0.25) is 0 Å². The standard InChI is InChI=1S/C37H64O3SSi2/c1-14-30(18-17-25-37(38,15-2)16-3)34-24-23-33(41-34)22-20-29-19-21-31(27-39-42(10,11)35(4,5)6)32(26-29)28-40-43(12,13)36(7,8)9/h18-19,21,23-24,26,38H,14-17,20,22,25,27-28H2,1-13H3/b30-18-. The van der Waals surface area contributed by atoms with Gasteiger partial charge in [-0.15, -0.1) is 11.3 Å². The molecular formula is C37H64O3SSi2. The summed E-state index contributed by atoms with van der Waals surface area (Å²) < 4.78 is 13.4. The Kier molecular flexibility index (Phi) is 13.8. The van der Waals surface area contributed by atoms with Gasteiger partial charge in [0.25, 0.3) is 0 Å². The van der Waals surface area contributed by atoms with Crippen LogP contribution in [0.4, 0.5) is 0 Å². The molecule has 1 aromatic heterocycles. The van der Waals surface area contributed by atoms with Crippen LogP contribution in [0.5, 0.6) is 0 Å². The molecule has 0 amide bonds. The van der Waals surface area contributed by atoms with Gasteiger partial charge >= 0.3 is 0 Å². The molecule has 0 saturated heterocycles. The molecule has 244 valence electrons. The van der Waals surface area contributed by atoms with Crippen LogP contribution in [0.2, 0.25) is 36.3 Å². The van der Waals surface area contributed by atoms with Gasteiger partial charge in [0.2, 0.25) is 0 Å².